The van der Waals surface area contributed by atoms with Crippen LogP contribution >= 0.6 is 11.6 Å². The highest BCUT2D eigenvalue weighted by Gasteiger charge is 2.35. The average Bonchev–Trinajstić information content (AvgIpc) is 2.30. The minimum Gasteiger partial charge on any atom is -0.324 e. The molecule has 2 N–H and O–H groups in total. The predicted molar refractivity (Wildman–Crippen MR) is 68.2 cm³/mol. The molecule has 0 spiro atoms. The van der Waals surface area contributed by atoms with Gasteiger partial charge in [0.25, 0.3) is 0 Å². The topological polar surface area (TPSA) is 41.1 Å². The van der Waals surface area contributed by atoms with Gasteiger partial charge in [-0.25, -0.2) is 0 Å². The van der Waals surface area contributed by atoms with Crippen LogP contribution in [0.4, 0.5) is 18.9 Å². The number of hydrogen-bond acceptors (Lipinski definition) is 2. The molecule has 0 heterocycles. The van der Waals surface area contributed by atoms with E-state index in [9.17, 15) is 18.0 Å². The highest BCUT2D eigenvalue weighted by Crippen LogP contribution is 2.38. The summed E-state index contributed by atoms with van der Waals surface area (Å²) in [7, 11) is 1.65. The molecule has 1 amide bonds. The molecular formula is C12H14ClF3N2O. The summed E-state index contributed by atoms with van der Waals surface area (Å²) in [5.74, 6) is -0.990. The summed E-state index contributed by atoms with van der Waals surface area (Å²) in [5, 5.41) is 4.88. The number of anilines is 1. The first-order valence-electron chi connectivity index (χ1n) is 5.58. The number of carbonyl (C=O) groups excluding carboxylic acids is 1. The molecule has 0 aliphatic carbocycles. The Hall–Kier alpha value is -1.27. The van der Waals surface area contributed by atoms with Gasteiger partial charge < -0.3 is 10.6 Å². The zero-order chi connectivity index (χ0) is 14.6. The van der Waals surface area contributed by atoms with Gasteiger partial charge in [-0.1, -0.05) is 24.6 Å². The van der Waals surface area contributed by atoms with E-state index in [1.807, 2.05) is 0 Å². The highest BCUT2D eigenvalue weighted by molar-refractivity contribution is 6.34. The monoisotopic (exact) mass is 294 g/mol. The van der Waals surface area contributed by atoms with Crippen LogP contribution in [0.3, 0.4) is 0 Å². The van der Waals surface area contributed by atoms with Crippen LogP contribution in [0.2, 0.25) is 5.02 Å². The molecule has 0 saturated carbocycles. The van der Waals surface area contributed by atoms with Crippen LogP contribution in [0, 0.1) is 5.92 Å². The number of amides is 1. The summed E-state index contributed by atoms with van der Waals surface area (Å²) in [6.07, 6.45) is -4.57. The largest absolute Gasteiger partial charge is 0.418 e. The fourth-order valence-electron chi connectivity index (χ4n) is 1.53. The molecule has 7 heteroatoms. The van der Waals surface area contributed by atoms with Gasteiger partial charge in [0.05, 0.1) is 16.3 Å². The van der Waals surface area contributed by atoms with Crippen LogP contribution in [0.1, 0.15) is 12.5 Å². The molecule has 0 aromatic heterocycles. The van der Waals surface area contributed by atoms with Crippen LogP contribution < -0.4 is 10.6 Å². The summed E-state index contributed by atoms with van der Waals surface area (Å²) in [5.41, 5.74) is -1.35. The highest BCUT2D eigenvalue weighted by atomic mass is 35.5. The molecule has 1 rings (SSSR count). The zero-order valence-corrected chi connectivity index (χ0v) is 11.2. The lowest BCUT2D eigenvalue weighted by Gasteiger charge is -2.17. The van der Waals surface area contributed by atoms with Crippen molar-refractivity contribution < 1.29 is 18.0 Å². The molecule has 3 nitrogen and oxygen atoms in total. The second-order valence-electron chi connectivity index (χ2n) is 4.11. The number of alkyl halides is 3. The van der Waals surface area contributed by atoms with Crippen molar-refractivity contribution in [3.05, 3.63) is 28.8 Å². The van der Waals surface area contributed by atoms with E-state index >= 15 is 0 Å². The van der Waals surface area contributed by atoms with Crippen molar-refractivity contribution >= 4 is 23.2 Å². The van der Waals surface area contributed by atoms with E-state index in [-0.39, 0.29) is 5.02 Å². The van der Waals surface area contributed by atoms with Gasteiger partial charge in [0.2, 0.25) is 5.91 Å². The molecule has 1 aromatic rings. The lowest BCUT2D eigenvalue weighted by molar-refractivity contribution is -0.137. The van der Waals surface area contributed by atoms with Crippen LogP contribution in [0.25, 0.3) is 0 Å². The van der Waals surface area contributed by atoms with Gasteiger partial charge in [0, 0.05) is 12.5 Å². The molecule has 19 heavy (non-hydrogen) atoms. The van der Waals surface area contributed by atoms with Gasteiger partial charge in [-0.05, 0) is 19.2 Å². The van der Waals surface area contributed by atoms with Crippen molar-refractivity contribution in [1.82, 2.24) is 5.32 Å². The summed E-state index contributed by atoms with van der Waals surface area (Å²) in [6, 6.07) is 3.37. The number of benzene rings is 1. The first-order chi connectivity index (χ1) is 8.77. The smallest absolute Gasteiger partial charge is 0.324 e. The van der Waals surface area contributed by atoms with Gasteiger partial charge >= 0.3 is 6.18 Å². The number of rotatable bonds is 4. The van der Waals surface area contributed by atoms with Crippen molar-refractivity contribution in [2.45, 2.75) is 13.1 Å². The van der Waals surface area contributed by atoms with Crippen LogP contribution in [0.5, 0.6) is 0 Å². The molecule has 0 saturated heterocycles. The van der Waals surface area contributed by atoms with E-state index in [2.05, 4.69) is 10.6 Å². The van der Waals surface area contributed by atoms with Crippen LogP contribution in [-0.2, 0) is 11.0 Å². The van der Waals surface area contributed by atoms with E-state index in [0.29, 0.717) is 6.54 Å². The number of nitrogens with one attached hydrogen (secondary N) is 2. The summed E-state index contributed by atoms with van der Waals surface area (Å²) >= 11 is 5.73. The minimum absolute atomic E-state index is 0.139. The Morgan fingerprint density at radius 2 is 2.05 bits per heavy atom. The third-order valence-electron chi connectivity index (χ3n) is 2.53. The molecular weight excluding hydrogens is 281 g/mol. The third kappa shape index (κ3) is 4.11. The first-order valence-corrected chi connectivity index (χ1v) is 5.96. The fourth-order valence-corrected chi connectivity index (χ4v) is 1.75. The Morgan fingerprint density at radius 1 is 1.42 bits per heavy atom. The Labute approximate surface area is 114 Å². The minimum atomic E-state index is -4.57. The number of hydrogen-bond donors (Lipinski definition) is 2. The Balaban J connectivity index is 3.04. The van der Waals surface area contributed by atoms with Crippen molar-refractivity contribution in [1.29, 1.82) is 0 Å². The zero-order valence-electron chi connectivity index (χ0n) is 10.4. The molecule has 106 valence electrons. The number of carbonyl (C=O) groups is 1. The maximum atomic E-state index is 12.8. The lowest BCUT2D eigenvalue weighted by Crippen LogP contribution is -2.29. The lowest BCUT2D eigenvalue weighted by atomic mass is 10.1. The molecule has 1 atom stereocenters. The average molecular weight is 295 g/mol. The maximum absolute atomic E-state index is 12.8. The molecule has 0 fully saturated rings. The van der Waals surface area contributed by atoms with Crippen LogP contribution in [0.15, 0.2) is 18.2 Å². The quantitative estimate of drug-likeness (QED) is 0.895. The summed E-state index contributed by atoms with van der Waals surface area (Å²) in [6.45, 7) is 1.97. The van der Waals surface area contributed by atoms with Gasteiger partial charge in [0.15, 0.2) is 0 Å². The molecule has 0 aliphatic heterocycles. The number of halogens is 4. The SMILES string of the molecule is CNCC(C)C(=O)Nc1c(Cl)cccc1C(F)(F)F. The fraction of sp³-hybridized carbons (Fsp3) is 0.417. The Bertz CT molecular complexity index is 463. The Kier molecular flexibility index (Phi) is 5.20. The van der Waals surface area contributed by atoms with E-state index in [1.165, 1.54) is 12.1 Å². The Morgan fingerprint density at radius 3 is 2.58 bits per heavy atom. The van der Waals surface area contributed by atoms with Crippen LogP contribution in [-0.4, -0.2) is 19.5 Å². The molecule has 0 radical (unpaired) electrons. The van der Waals surface area contributed by atoms with Crippen molar-refractivity contribution in [2.75, 3.05) is 18.9 Å². The van der Waals surface area contributed by atoms with E-state index < -0.39 is 29.3 Å². The van der Waals surface area contributed by atoms with Gasteiger partial charge in [0.1, 0.15) is 0 Å². The second kappa shape index (κ2) is 6.25. The van der Waals surface area contributed by atoms with Gasteiger partial charge in [-0.3, -0.25) is 4.79 Å². The summed E-state index contributed by atoms with van der Waals surface area (Å²) < 4.78 is 38.4. The van der Waals surface area contributed by atoms with E-state index in [0.717, 1.165) is 6.07 Å². The van der Waals surface area contributed by atoms with E-state index in [4.69, 9.17) is 11.6 Å². The van der Waals surface area contributed by atoms with Gasteiger partial charge in [-0.15, -0.1) is 0 Å². The van der Waals surface area contributed by atoms with Gasteiger partial charge in [-0.2, -0.15) is 13.2 Å². The van der Waals surface area contributed by atoms with Crippen molar-refractivity contribution in [2.24, 2.45) is 5.92 Å². The first kappa shape index (κ1) is 15.8. The molecule has 1 aromatic carbocycles. The maximum Gasteiger partial charge on any atom is 0.418 e. The second-order valence-corrected chi connectivity index (χ2v) is 4.52. The van der Waals surface area contributed by atoms with E-state index in [1.54, 1.807) is 14.0 Å². The molecule has 1 unspecified atom stereocenters. The molecule has 0 bridgehead atoms. The standard InChI is InChI=1S/C12H14ClF3N2O/c1-7(6-17-2)11(19)18-10-8(12(14,15)16)4-3-5-9(10)13/h3-5,7,17H,6H2,1-2H3,(H,18,19). The number of para-hydroxylation sites is 1. The normalized spacial score (nSPS) is 13.2. The van der Waals surface area contributed by atoms with Crippen molar-refractivity contribution in [3.63, 3.8) is 0 Å². The third-order valence-corrected chi connectivity index (χ3v) is 2.84. The summed E-state index contributed by atoms with van der Waals surface area (Å²) in [4.78, 5) is 11.8. The predicted octanol–water partition coefficient (Wildman–Crippen LogP) is 3.15. The van der Waals surface area contributed by atoms with Crippen molar-refractivity contribution in [3.8, 4) is 0 Å². The molecule has 0 aliphatic rings.